The third-order valence-electron chi connectivity index (χ3n) is 4.79. The number of halogens is 1. The van der Waals surface area contributed by atoms with Gasteiger partial charge >= 0.3 is 5.97 Å². The Morgan fingerprint density at radius 2 is 2.03 bits per heavy atom. The van der Waals surface area contributed by atoms with Gasteiger partial charge in [-0.15, -0.1) is 11.3 Å². The maximum Gasteiger partial charge on any atom is 0.308 e. The Labute approximate surface area is 184 Å². The maximum atomic E-state index is 11.8. The Morgan fingerprint density at radius 1 is 1.38 bits per heavy atom. The Kier molecular flexibility index (Phi) is 7.10. The van der Waals surface area contributed by atoms with Gasteiger partial charge in [-0.25, -0.2) is 5.01 Å². The number of esters is 1. The first-order chi connectivity index (χ1) is 14.0. The minimum atomic E-state index is -0.179. The van der Waals surface area contributed by atoms with Gasteiger partial charge < -0.3 is 14.7 Å². The number of carbonyl (C=O) groups is 1. The fourth-order valence-electron chi connectivity index (χ4n) is 3.24. The number of thiocarbonyl (C=S) groups is 1. The molecular weight excluding hydrogens is 430 g/mol. The first-order valence-electron chi connectivity index (χ1n) is 9.18. The number of nitrogens with zero attached hydrogens (tertiary/aromatic N) is 3. The van der Waals surface area contributed by atoms with Crippen molar-refractivity contribution in [3.8, 4) is 16.2 Å². The van der Waals surface area contributed by atoms with Gasteiger partial charge in [-0.05, 0) is 49.7 Å². The standard InChI is InChI=1S/C20H22ClN3O3S2/c1-3-22-24(20(28)23-10-8-14(9-11-23)19(26)27-2)16-12-29-18(17(16)25)13-4-6-15(21)7-5-13/h3-7,12,14,25H,8-11H2,1-2H3. The second kappa shape index (κ2) is 9.56. The molecule has 1 aromatic heterocycles. The molecule has 1 N–H and O–H groups in total. The van der Waals surface area contributed by atoms with Crippen LogP contribution in [0.15, 0.2) is 34.7 Å². The number of benzene rings is 1. The normalized spacial score (nSPS) is 14.9. The summed E-state index contributed by atoms with van der Waals surface area (Å²) in [4.78, 5) is 14.5. The monoisotopic (exact) mass is 451 g/mol. The van der Waals surface area contributed by atoms with Gasteiger partial charge in [-0.3, -0.25) is 4.79 Å². The van der Waals surface area contributed by atoms with Crippen LogP contribution in [0.2, 0.25) is 5.02 Å². The van der Waals surface area contributed by atoms with E-state index in [1.54, 1.807) is 30.3 Å². The Balaban J connectivity index is 1.81. The van der Waals surface area contributed by atoms with Gasteiger partial charge in [-0.1, -0.05) is 23.7 Å². The fourth-order valence-corrected chi connectivity index (χ4v) is 4.62. The number of hydrogen-bond acceptors (Lipinski definition) is 6. The van der Waals surface area contributed by atoms with Crippen molar-refractivity contribution in [3.63, 3.8) is 0 Å². The van der Waals surface area contributed by atoms with Gasteiger partial charge in [0.25, 0.3) is 0 Å². The molecule has 0 saturated carbocycles. The van der Waals surface area contributed by atoms with Crippen LogP contribution in [-0.2, 0) is 9.53 Å². The van der Waals surface area contributed by atoms with Crippen molar-refractivity contribution in [3.05, 3.63) is 34.7 Å². The summed E-state index contributed by atoms with van der Waals surface area (Å²) in [5, 5.41) is 19.8. The lowest BCUT2D eigenvalue weighted by Gasteiger charge is -2.35. The topological polar surface area (TPSA) is 65.4 Å². The molecule has 1 fully saturated rings. The molecule has 0 atom stereocenters. The molecule has 0 amide bonds. The first kappa shape index (κ1) is 21.5. The summed E-state index contributed by atoms with van der Waals surface area (Å²) < 4.78 is 4.84. The minimum absolute atomic E-state index is 0.103. The number of carbonyl (C=O) groups excluding carboxylic acids is 1. The van der Waals surface area contributed by atoms with E-state index in [2.05, 4.69) is 5.10 Å². The predicted molar refractivity (Wildman–Crippen MR) is 122 cm³/mol. The molecule has 0 radical (unpaired) electrons. The maximum absolute atomic E-state index is 11.8. The van der Waals surface area contributed by atoms with E-state index in [0.29, 0.717) is 41.8 Å². The third kappa shape index (κ3) is 4.71. The zero-order valence-corrected chi connectivity index (χ0v) is 18.6. The summed E-state index contributed by atoms with van der Waals surface area (Å²) in [6.07, 6.45) is 2.97. The van der Waals surface area contributed by atoms with E-state index < -0.39 is 0 Å². The summed E-state index contributed by atoms with van der Waals surface area (Å²) in [7, 11) is 1.41. The van der Waals surface area contributed by atoms with E-state index in [0.717, 1.165) is 10.4 Å². The van der Waals surface area contributed by atoms with Gasteiger partial charge in [0.2, 0.25) is 0 Å². The molecule has 1 aliphatic heterocycles. The summed E-state index contributed by atoms with van der Waals surface area (Å²) in [5.74, 6) is -0.162. The Bertz CT molecular complexity index is 906. The van der Waals surface area contributed by atoms with Gasteiger partial charge in [0, 0.05) is 29.7 Å². The summed E-state index contributed by atoms with van der Waals surface area (Å²) in [6, 6.07) is 7.30. The van der Waals surface area contributed by atoms with Crippen molar-refractivity contribution in [1.29, 1.82) is 0 Å². The highest BCUT2D eigenvalue weighted by atomic mass is 35.5. The minimum Gasteiger partial charge on any atom is -0.504 e. The lowest BCUT2D eigenvalue weighted by Crippen LogP contribution is -2.45. The molecule has 1 aromatic carbocycles. The van der Waals surface area contributed by atoms with Crippen molar-refractivity contribution in [2.24, 2.45) is 11.0 Å². The number of aromatic hydroxyl groups is 1. The van der Waals surface area contributed by atoms with E-state index in [9.17, 15) is 9.90 Å². The fraction of sp³-hybridized carbons (Fsp3) is 0.350. The number of anilines is 1. The molecule has 2 heterocycles. The molecule has 1 aliphatic rings. The van der Waals surface area contributed by atoms with Crippen LogP contribution >= 0.6 is 35.2 Å². The quantitative estimate of drug-likeness (QED) is 0.313. The molecule has 0 aliphatic carbocycles. The molecule has 0 spiro atoms. The van der Waals surface area contributed by atoms with E-state index in [1.807, 2.05) is 22.4 Å². The van der Waals surface area contributed by atoms with Gasteiger partial charge in [0.05, 0.1) is 17.9 Å². The highest BCUT2D eigenvalue weighted by Gasteiger charge is 2.30. The average Bonchev–Trinajstić information content (AvgIpc) is 3.12. The summed E-state index contributed by atoms with van der Waals surface area (Å²) in [5.41, 5.74) is 1.39. The highest BCUT2D eigenvalue weighted by Crippen LogP contribution is 2.44. The number of methoxy groups -OCH3 is 1. The van der Waals surface area contributed by atoms with Crippen LogP contribution < -0.4 is 5.01 Å². The number of piperidine rings is 1. The molecule has 154 valence electrons. The molecule has 2 aromatic rings. The van der Waals surface area contributed by atoms with Crippen LogP contribution in [0.4, 0.5) is 5.69 Å². The van der Waals surface area contributed by atoms with Crippen molar-refractivity contribution < 1.29 is 14.6 Å². The van der Waals surface area contributed by atoms with E-state index in [1.165, 1.54) is 18.4 Å². The molecule has 0 unspecified atom stereocenters. The van der Waals surface area contributed by atoms with Crippen LogP contribution in [-0.4, -0.2) is 47.5 Å². The number of ether oxygens (including phenoxy) is 1. The van der Waals surface area contributed by atoms with Crippen molar-refractivity contribution in [2.45, 2.75) is 19.8 Å². The lowest BCUT2D eigenvalue weighted by molar-refractivity contribution is -0.146. The van der Waals surface area contributed by atoms with Crippen LogP contribution in [0.1, 0.15) is 19.8 Å². The summed E-state index contributed by atoms with van der Waals surface area (Å²) >= 11 is 13.1. The smallest absolute Gasteiger partial charge is 0.308 e. The highest BCUT2D eigenvalue weighted by molar-refractivity contribution is 7.80. The first-order valence-corrected chi connectivity index (χ1v) is 10.8. The largest absolute Gasteiger partial charge is 0.504 e. The number of rotatable bonds is 4. The van der Waals surface area contributed by atoms with Crippen LogP contribution in [0.3, 0.4) is 0 Å². The summed E-state index contributed by atoms with van der Waals surface area (Å²) in [6.45, 7) is 3.05. The van der Waals surface area contributed by atoms with E-state index in [-0.39, 0.29) is 17.6 Å². The van der Waals surface area contributed by atoms with E-state index >= 15 is 0 Å². The Hall–Kier alpha value is -2.16. The molecule has 0 bridgehead atoms. The van der Waals surface area contributed by atoms with Crippen LogP contribution in [0.5, 0.6) is 5.75 Å². The van der Waals surface area contributed by atoms with Gasteiger partial charge in [-0.2, -0.15) is 5.10 Å². The molecule has 29 heavy (non-hydrogen) atoms. The predicted octanol–water partition coefficient (Wildman–Crippen LogP) is 4.76. The number of hydrazone groups is 1. The van der Waals surface area contributed by atoms with Crippen LogP contribution in [0.25, 0.3) is 10.4 Å². The SMILES string of the molecule is CC=NN(C(=S)N1CCC(C(=O)OC)CC1)c1csc(-c2ccc(Cl)cc2)c1O. The number of hydrogen-bond donors (Lipinski definition) is 1. The Morgan fingerprint density at radius 3 is 2.62 bits per heavy atom. The molecule has 9 heteroatoms. The average molecular weight is 452 g/mol. The molecule has 3 rings (SSSR count). The van der Waals surface area contributed by atoms with Gasteiger partial charge in [0.15, 0.2) is 10.9 Å². The lowest BCUT2D eigenvalue weighted by atomic mass is 9.97. The number of thiophene rings is 1. The molecule has 6 nitrogen and oxygen atoms in total. The zero-order valence-electron chi connectivity index (χ0n) is 16.2. The van der Waals surface area contributed by atoms with Crippen molar-refractivity contribution >= 4 is 58.1 Å². The zero-order chi connectivity index (χ0) is 21.0. The molecule has 1 saturated heterocycles. The van der Waals surface area contributed by atoms with Crippen molar-refractivity contribution in [2.75, 3.05) is 25.2 Å². The third-order valence-corrected chi connectivity index (χ3v) is 6.48. The van der Waals surface area contributed by atoms with Crippen LogP contribution in [0, 0.1) is 5.92 Å². The van der Waals surface area contributed by atoms with E-state index in [4.69, 9.17) is 28.6 Å². The molecular formula is C20H22ClN3O3S2. The number of likely N-dealkylation sites (tertiary alicyclic amines) is 1. The second-order valence-corrected chi connectivity index (χ2v) is 8.24. The van der Waals surface area contributed by atoms with Crippen molar-refractivity contribution in [1.82, 2.24) is 4.90 Å². The second-order valence-electron chi connectivity index (χ2n) is 6.56. The van der Waals surface area contributed by atoms with Gasteiger partial charge in [0.1, 0.15) is 5.69 Å².